The zero-order valence-electron chi connectivity index (χ0n) is 20.2. The number of hydrogen-bond donors (Lipinski definition) is 0. The van der Waals surface area contributed by atoms with Crippen LogP contribution in [0.15, 0.2) is 23.8 Å². The van der Waals surface area contributed by atoms with Crippen LogP contribution in [0.2, 0.25) is 0 Å². The highest BCUT2D eigenvalue weighted by Crippen LogP contribution is 2.77. The van der Waals surface area contributed by atoms with Crippen LogP contribution < -0.4 is 0 Å². The lowest BCUT2D eigenvalue weighted by Crippen LogP contribution is -2.64. The smallest absolute Gasteiger partial charge is 0.303 e. The number of carbonyl (C=O) groups is 4. The van der Waals surface area contributed by atoms with Gasteiger partial charge in [-0.05, 0) is 55.7 Å². The largest absolute Gasteiger partial charge is 0.458 e. The second kappa shape index (κ2) is 7.09. The zero-order chi connectivity index (χ0) is 24.8. The number of halogens is 1. The Morgan fingerprint density at radius 3 is 2.50 bits per heavy atom. The minimum Gasteiger partial charge on any atom is -0.458 e. The number of allylic oxidation sites excluding steroid dienone is 2. The molecule has 7 nitrogen and oxygen atoms in total. The van der Waals surface area contributed by atoms with Crippen molar-refractivity contribution in [1.82, 2.24) is 0 Å². The maximum Gasteiger partial charge on any atom is 0.303 e. The maximum atomic E-state index is 15.6. The van der Waals surface area contributed by atoms with Gasteiger partial charge < -0.3 is 14.2 Å². The SMILES string of the molecule is CC(=O)OCC(=O)[C@@]1(OC(C)=O)[C@@H](C)C[C@H]2[C@@H]3C[C@H](F)C4=CC(=O)C=C[C@]4(C)[C@@]34OC4C[C@@]21C. The molecule has 8 heteroatoms. The van der Waals surface area contributed by atoms with Gasteiger partial charge in [0.25, 0.3) is 0 Å². The fourth-order valence-corrected chi connectivity index (χ4v) is 8.33. The summed E-state index contributed by atoms with van der Waals surface area (Å²) in [6.07, 6.45) is 4.27. The second-order valence-corrected chi connectivity index (χ2v) is 11.1. The van der Waals surface area contributed by atoms with Gasteiger partial charge in [-0.15, -0.1) is 0 Å². The maximum absolute atomic E-state index is 15.6. The van der Waals surface area contributed by atoms with Crippen molar-refractivity contribution in [3.05, 3.63) is 23.8 Å². The molecule has 3 saturated carbocycles. The van der Waals surface area contributed by atoms with E-state index in [0.29, 0.717) is 18.4 Å². The Balaban J connectivity index is 1.59. The Kier molecular flexibility index (Phi) is 4.88. The van der Waals surface area contributed by atoms with Crippen LogP contribution in [0.4, 0.5) is 4.39 Å². The minimum atomic E-state index is -1.50. The van der Waals surface area contributed by atoms with E-state index in [4.69, 9.17) is 14.2 Å². The van der Waals surface area contributed by atoms with E-state index in [2.05, 4.69) is 0 Å². The molecule has 1 aliphatic heterocycles. The van der Waals surface area contributed by atoms with E-state index in [1.807, 2.05) is 20.8 Å². The van der Waals surface area contributed by atoms with Gasteiger partial charge in [-0.1, -0.05) is 19.9 Å². The normalized spacial score (nSPS) is 48.0. The first-order chi connectivity index (χ1) is 15.8. The van der Waals surface area contributed by atoms with Gasteiger partial charge >= 0.3 is 11.9 Å². The van der Waals surface area contributed by atoms with Crippen molar-refractivity contribution >= 4 is 23.5 Å². The summed E-state index contributed by atoms with van der Waals surface area (Å²) in [5, 5.41) is 0. The average Bonchev–Trinajstić information content (AvgIpc) is 3.42. The number of fused-ring (bicyclic) bond motifs is 3. The third-order valence-electron chi connectivity index (χ3n) is 9.59. The molecule has 34 heavy (non-hydrogen) atoms. The number of ketones is 2. The van der Waals surface area contributed by atoms with Crippen molar-refractivity contribution in [1.29, 1.82) is 0 Å². The Labute approximate surface area is 198 Å². The lowest BCUT2D eigenvalue weighted by Gasteiger charge is -2.56. The number of rotatable bonds is 4. The molecule has 4 fully saturated rings. The van der Waals surface area contributed by atoms with Crippen molar-refractivity contribution in [3.8, 4) is 0 Å². The Hall–Kier alpha value is -2.35. The summed E-state index contributed by atoms with van der Waals surface area (Å²) in [5.74, 6) is -2.59. The van der Waals surface area contributed by atoms with E-state index in [9.17, 15) is 19.2 Å². The Morgan fingerprint density at radius 1 is 1.15 bits per heavy atom. The molecular weight excluding hydrogens is 443 g/mol. The summed E-state index contributed by atoms with van der Waals surface area (Å²) in [4.78, 5) is 49.4. The standard InChI is InChI=1S/C26H31FO7/c1-13-8-17-18-10-20(27)19-9-16(30)6-7-23(19,4)26(18)22(34-26)11-24(17,5)25(13,33-15(3)29)21(31)12-32-14(2)28/h6-7,9,13,17-18,20,22H,8,10-12H2,1-5H3/t13-,17-,18-,20-,22?,23-,24-,25-,26+/m0/s1. The summed E-state index contributed by atoms with van der Waals surface area (Å²) >= 11 is 0. The second-order valence-electron chi connectivity index (χ2n) is 11.1. The monoisotopic (exact) mass is 474 g/mol. The number of epoxide rings is 1. The molecule has 1 unspecified atom stereocenters. The number of alkyl halides is 1. The molecule has 5 rings (SSSR count). The molecule has 0 amide bonds. The fourth-order valence-electron chi connectivity index (χ4n) is 8.33. The average molecular weight is 475 g/mol. The van der Waals surface area contributed by atoms with E-state index in [-0.39, 0.29) is 36.1 Å². The third kappa shape index (κ3) is 2.66. The van der Waals surface area contributed by atoms with Crippen molar-refractivity contribution in [2.45, 2.75) is 77.4 Å². The molecule has 1 spiro atoms. The van der Waals surface area contributed by atoms with Gasteiger partial charge in [-0.3, -0.25) is 19.2 Å². The van der Waals surface area contributed by atoms with Crippen LogP contribution in [0.5, 0.6) is 0 Å². The molecule has 0 aromatic carbocycles. The molecule has 0 bridgehead atoms. The summed E-state index contributed by atoms with van der Waals surface area (Å²) < 4.78 is 33.0. The van der Waals surface area contributed by atoms with Gasteiger partial charge in [0, 0.05) is 30.6 Å². The number of carbonyl (C=O) groups excluding carboxylic acids is 4. The predicted molar refractivity (Wildman–Crippen MR) is 117 cm³/mol. The van der Waals surface area contributed by atoms with Gasteiger partial charge in [0.05, 0.1) is 6.10 Å². The molecule has 0 aromatic rings. The van der Waals surface area contributed by atoms with Crippen LogP contribution in [-0.2, 0) is 33.4 Å². The number of Topliss-reactive ketones (excluding diaryl/α,β-unsaturated/α-hetero) is 1. The van der Waals surface area contributed by atoms with E-state index in [1.54, 1.807) is 6.08 Å². The van der Waals surface area contributed by atoms with Gasteiger partial charge in [0.1, 0.15) is 11.8 Å². The fraction of sp³-hybridized carbons (Fsp3) is 0.692. The summed E-state index contributed by atoms with van der Waals surface area (Å²) in [6, 6.07) is 0. The first-order valence-electron chi connectivity index (χ1n) is 12.0. The minimum absolute atomic E-state index is 0.162. The Bertz CT molecular complexity index is 1060. The number of ether oxygens (including phenoxy) is 3. The number of esters is 2. The molecule has 5 aliphatic rings. The van der Waals surface area contributed by atoms with Crippen molar-refractivity contribution in [3.63, 3.8) is 0 Å². The molecule has 4 aliphatic carbocycles. The molecule has 1 saturated heterocycles. The van der Waals surface area contributed by atoms with Gasteiger partial charge in [-0.25, -0.2) is 4.39 Å². The van der Waals surface area contributed by atoms with Crippen LogP contribution in [0.3, 0.4) is 0 Å². The van der Waals surface area contributed by atoms with Crippen molar-refractivity contribution in [2.24, 2.45) is 28.6 Å². The van der Waals surface area contributed by atoms with Gasteiger partial charge in [0.15, 0.2) is 18.0 Å². The molecule has 0 radical (unpaired) electrons. The molecular formula is C26H31FO7. The van der Waals surface area contributed by atoms with Crippen LogP contribution >= 0.6 is 0 Å². The van der Waals surface area contributed by atoms with Crippen molar-refractivity contribution in [2.75, 3.05) is 6.61 Å². The van der Waals surface area contributed by atoms with E-state index < -0.39 is 52.5 Å². The molecule has 184 valence electrons. The van der Waals surface area contributed by atoms with E-state index in [1.165, 1.54) is 26.0 Å². The highest BCUT2D eigenvalue weighted by Gasteiger charge is 2.83. The Morgan fingerprint density at radius 2 is 1.85 bits per heavy atom. The third-order valence-corrected chi connectivity index (χ3v) is 9.59. The summed E-state index contributed by atoms with van der Waals surface area (Å²) in [6.45, 7) is 7.75. The van der Waals surface area contributed by atoms with Crippen molar-refractivity contribution < 1.29 is 37.8 Å². The first kappa shape index (κ1) is 23.4. The van der Waals surface area contributed by atoms with E-state index in [0.717, 1.165) is 0 Å². The van der Waals surface area contributed by atoms with Crippen LogP contribution in [0.25, 0.3) is 0 Å². The predicted octanol–water partition coefficient (Wildman–Crippen LogP) is 3.05. The first-order valence-corrected chi connectivity index (χ1v) is 12.0. The van der Waals surface area contributed by atoms with Crippen LogP contribution in [0.1, 0.15) is 53.9 Å². The molecule has 1 heterocycles. The lowest BCUT2D eigenvalue weighted by atomic mass is 9.46. The van der Waals surface area contributed by atoms with Gasteiger partial charge in [-0.2, -0.15) is 0 Å². The topological polar surface area (TPSA) is 99.3 Å². The summed E-state index contributed by atoms with van der Waals surface area (Å²) in [7, 11) is 0. The quantitative estimate of drug-likeness (QED) is 0.456. The zero-order valence-corrected chi connectivity index (χ0v) is 20.2. The lowest BCUT2D eigenvalue weighted by molar-refractivity contribution is -0.193. The van der Waals surface area contributed by atoms with Crippen LogP contribution in [-0.4, -0.2) is 53.6 Å². The van der Waals surface area contributed by atoms with E-state index >= 15 is 4.39 Å². The van der Waals surface area contributed by atoms with Gasteiger partial charge in [0.2, 0.25) is 5.78 Å². The highest BCUT2D eigenvalue weighted by molar-refractivity contribution is 6.01. The summed E-state index contributed by atoms with van der Waals surface area (Å²) in [5.41, 5.74) is -3.28. The van der Waals surface area contributed by atoms with Crippen LogP contribution in [0, 0.1) is 28.6 Å². The number of hydrogen-bond acceptors (Lipinski definition) is 7. The molecule has 0 N–H and O–H groups in total. The molecule has 9 atom stereocenters. The molecule has 0 aromatic heterocycles. The highest BCUT2D eigenvalue weighted by atomic mass is 19.1.